The Morgan fingerprint density at radius 1 is 1.35 bits per heavy atom. The largest absolute Gasteiger partial charge is 0.481 e. The molecule has 1 fully saturated rings. The minimum absolute atomic E-state index is 0.0196. The molecule has 1 aliphatic heterocycles. The standard InChI is InChI=1S/C17H21Cl2NO3/c1-10-5-13(17(22)23)9-20(8-10)16(21)11(2)6-12-3-4-14(18)7-15(12)19/h3-4,7,10-11,13H,5-6,8-9H2,1-2H3,(H,22,23). The van der Waals surface area contributed by atoms with Gasteiger partial charge in [0.2, 0.25) is 5.91 Å². The van der Waals surface area contributed by atoms with Gasteiger partial charge in [0.25, 0.3) is 0 Å². The number of likely N-dealkylation sites (tertiary alicyclic amines) is 1. The Bertz CT molecular complexity index is 606. The van der Waals surface area contributed by atoms with E-state index in [0.717, 1.165) is 5.56 Å². The van der Waals surface area contributed by atoms with Gasteiger partial charge in [-0.15, -0.1) is 0 Å². The Morgan fingerprint density at radius 3 is 2.65 bits per heavy atom. The molecule has 1 aromatic rings. The number of nitrogens with zero attached hydrogens (tertiary/aromatic N) is 1. The third-order valence-corrected chi connectivity index (χ3v) is 4.87. The lowest BCUT2D eigenvalue weighted by atomic mass is 9.89. The number of benzene rings is 1. The molecule has 6 heteroatoms. The average Bonchev–Trinajstić information content (AvgIpc) is 2.48. The lowest BCUT2D eigenvalue weighted by Gasteiger charge is -2.36. The minimum atomic E-state index is -0.831. The number of hydrogen-bond donors (Lipinski definition) is 1. The second kappa shape index (κ2) is 7.54. The van der Waals surface area contributed by atoms with Gasteiger partial charge in [0.1, 0.15) is 0 Å². The fourth-order valence-electron chi connectivity index (χ4n) is 3.13. The van der Waals surface area contributed by atoms with Crippen LogP contribution in [0.5, 0.6) is 0 Å². The molecule has 0 aromatic heterocycles. The van der Waals surface area contributed by atoms with Crippen molar-refractivity contribution in [1.82, 2.24) is 4.90 Å². The van der Waals surface area contributed by atoms with E-state index in [0.29, 0.717) is 29.4 Å². The number of piperidine rings is 1. The molecule has 0 radical (unpaired) electrons. The quantitative estimate of drug-likeness (QED) is 0.892. The van der Waals surface area contributed by atoms with Crippen LogP contribution in [0.15, 0.2) is 18.2 Å². The van der Waals surface area contributed by atoms with E-state index in [1.54, 1.807) is 17.0 Å². The topological polar surface area (TPSA) is 57.6 Å². The number of carboxylic acid groups (broad SMARTS) is 1. The van der Waals surface area contributed by atoms with Crippen molar-refractivity contribution in [3.05, 3.63) is 33.8 Å². The van der Waals surface area contributed by atoms with Crippen LogP contribution >= 0.6 is 23.2 Å². The van der Waals surface area contributed by atoms with Crippen molar-refractivity contribution >= 4 is 35.1 Å². The van der Waals surface area contributed by atoms with Gasteiger partial charge in [0, 0.05) is 29.1 Å². The molecule has 3 atom stereocenters. The number of carboxylic acids is 1. The highest BCUT2D eigenvalue weighted by molar-refractivity contribution is 6.35. The summed E-state index contributed by atoms with van der Waals surface area (Å²) in [5, 5.41) is 10.3. The SMILES string of the molecule is CC1CC(C(=O)O)CN(C(=O)C(C)Cc2ccc(Cl)cc2Cl)C1. The van der Waals surface area contributed by atoms with Gasteiger partial charge in [-0.2, -0.15) is 0 Å². The van der Waals surface area contributed by atoms with Crippen LogP contribution in [-0.4, -0.2) is 35.0 Å². The number of carbonyl (C=O) groups excluding carboxylic acids is 1. The second-order valence-electron chi connectivity index (χ2n) is 6.46. The van der Waals surface area contributed by atoms with Gasteiger partial charge in [-0.05, 0) is 36.5 Å². The van der Waals surface area contributed by atoms with Crippen LogP contribution < -0.4 is 0 Å². The summed E-state index contributed by atoms with van der Waals surface area (Å²) in [6, 6.07) is 5.25. The lowest BCUT2D eigenvalue weighted by Crippen LogP contribution is -2.47. The summed E-state index contributed by atoms with van der Waals surface area (Å²) in [4.78, 5) is 25.6. The Kier molecular flexibility index (Phi) is 5.93. The van der Waals surface area contributed by atoms with Crippen molar-refractivity contribution in [2.24, 2.45) is 17.8 Å². The number of halogens is 2. The molecule has 1 aliphatic rings. The molecule has 0 aliphatic carbocycles. The van der Waals surface area contributed by atoms with Crippen LogP contribution in [0.25, 0.3) is 0 Å². The number of amides is 1. The van der Waals surface area contributed by atoms with Crippen molar-refractivity contribution in [3.8, 4) is 0 Å². The van der Waals surface area contributed by atoms with Gasteiger partial charge in [-0.1, -0.05) is 43.1 Å². The van der Waals surface area contributed by atoms with Gasteiger partial charge in [-0.3, -0.25) is 9.59 Å². The molecular formula is C17H21Cl2NO3. The van der Waals surface area contributed by atoms with Crippen molar-refractivity contribution in [2.75, 3.05) is 13.1 Å². The Hall–Kier alpha value is -1.26. The zero-order chi connectivity index (χ0) is 17.1. The monoisotopic (exact) mass is 357 g/mol. The third kappa shape index (κ3) is 4.61. The molecule has 1 saturated heterocycles. The Morgan fingerprint density at radius 2 is 2.04 bits per heavy atom. The first-order valence-electron chi connectivity index (χ1n) is 7.73. The molecule has 0 bridgehead atoms. The van der Waals surface area contributed by atoms with Crippen LogP contribution in [0.4, 0.5) is 0 Å². The van der Waals surface area contributed by atoms with E-state index in [9.17, 15) is 14.7 Å². The zero-order valence-corrected chi connectivity index (χ0v) is 14.8. The fraction of sp³-hybridized carbons (Fsp3) is 0.529. The van der Waals surface area contributed by atoms with Crippen LogP contribution in [0.1, 0.15) is 25.8 Å². The van der Waals surface area contributed by atoms with Crippen LogP contribution in [0, 0.1) is 17.8 Å². The van der Waals surface area contributed by atoms with Crippen LogP contribution in [-0.2, 0) is 16.0 Å². The first-order chi connectivity index (χ1) is 10.8. The van der Waals surface area contributed by atoms with Crippen LogP contribution in [0.2, 0.25) is 10.0 Å². The van der Waals surface area contributed by atoms with Crippen molar-refractivity contribution in [3.63, 3.8) is 0 Å². The van der Waals surface area contributed by atoms with Gasteiger partial charge in [0.05, 0.1) is 5.92 Å². The normalized spacial score (nSPS) is 22.7. The second-order valence-corrected chi connectivity index (χ2v) is 7.30. The fourth-order valence-corrected chi connectivity index (χ4v) is 3.61. The van der Waals surface area contributed by atoms with E-state index in [4.69, 9.17) is 23.2 Å². The van der Waals surface area contributed by atoms with Crippen molar-refractivity contribution in [1.29, 1.82) is 0 Å². The number of carbonyl (C=O) groups is 2. The van der Waals surface area contributed by atoms with Crippen molar-refractivity contribution in [2.45, 2.75) is 26.7 Å². The summed E-state index contributed by atoms with van der Waals surface area (Å²) in [6.45, 7) is 4.73. The summed E-state index contributed by atoms with van der Waals surface area (Å²) >= 11 is 12.0. The maximum absolute atomic E-state index is 12.7. The molecule has 1 N–H and O–H groups in total. The number of rotatable bonds is 4. The van der Waals surface area contributed by atoms with E-state index >= 15 is 0 Å². The highest BCUT2D eigenvalue weighted by atomic mass is 35.5. The average molecular weight is 358 g/mol. The first kappa shape index (κ1) is 18.1. The summed E-state index contributed by atoms with van der Waals surface area (Å²) in [5.74, 6) is -1.39. The van der Waals surface area contributed by atoms with Gasteiger partial charge >= 0.3 is 5.97 Å². The maximum Gasteiger partial charge on any atom is 0.308 e. The highest BCUT2D eigenvalue weighted by Crippen LogP contribution is 2.26. The number of aliphatic carboxylic acids is 1. The number of hydrogen-bond acceptors (Lipinski definition) is 2. The van der Waals surface area contributed by atoms with Gasteiger partial charge in [-0.25, -0.2) is 0 Å². The van der Waals surface area contributed by atoms with Crippen LogP contribution in [0.3, 0.4) is 0 Å². The Balaban J connectivity index is 2.05. The predicted molar refractivity (Wildman–Crippen MR) is 90.8 cm³/mol. The molecule has 2 rings (SSSR count). The molecule has 126 valence electrons. The first-order valence-corrected chi connectivity index (χ1v) is 8.49. The zero-order valence-electron chi connectivity index (χ0n) is 13.3. The van der Waals surface area contributed by atoms with Gasteiger partial charge < -0.3 is 10.0 Å². The molecule has 1 aromatic carbocycles. The molecular weight excluding hydrogens is 337 g/mol. The van der Waals surface area contributed by atoms with E-state index in [-0.39, 0.29) is 24.3 Å². The van der Waals surface area contributed by atoms with E-state index in [1.807, 2.05) is 19.9 Å². The summed E-state index contributed by atoms with van der Waals surface area (Å²) in [6.07, 6.45) is 1.13. The molecule has 0 spiro atoms. The van der Waals surface area contributed by atoms with Crippen molar-refractivity contribution < 1.29 is 14.7 Å². The molecule has 1 heterocycles. The lowest BCUT2D eigenvalue weighted by molar-refractivity contribution is -0.148. The molecule has 0 saturated carbocycles. The maximum atomic E-state index is 12.7. The van der Waals surface area contributed by atoms with E-state index < -0.39 is 11.9 Å². The smallest absolute Gasteiger partial charge is 0.308 e. The predicted octanol–water partition coefficient (Wildman–Crippen LogP) is 3.74. The highest BCUT2D eigenvalue weighted by Gasteiger charge is 2.33. The van der Waals surface area contributed by atoms with E-state index in [2.05, 4.69) is 0 Å². The molecule has 4 nitrogen and oxygen atoms in total. The summed E-state index contributed by atoms with van der Waals surface area (Å²) in [5.41, 5.74) is 0.872. The molecule has 23 heavy (non-hydrogen) atoms. The van der Waals surface area contributed by atoms with E-state index in [1.165, 1.54) is 0 Å². The third-order valence-electron chi connectivity index (χ3n) is 4.28. The minimum Gasteiger partial charge on any atom is -0.481 e. The van der Waals surface area contributed by atoms with Gasteiger partial charge in [0.15, 0.2) is 0 Å². The Labute approximate surface area is 146 Å². The molecule has 1 amide bonds. The summed E-state index contributed by atoms with van der Waals surface area (Å²) < 4.78 is 0. The molecule has 3 unspecified atom stereocenters. The summed E-state index contributed by atoms with van der Waals surface area (Å²) in [7, 11) is 0.